The van der Waals surface area contributed by atoms with Crippen molar-refractivity contribution in [2.75, 3.05) is 26.4 Å². The van der Waals surface area contributed by atoms with Crippen molar-refractivity contribution >= 4 is 5.91 Å². The first-order valence-corrected chi connectivity index (χ1v) is 6.75. The van der Waals surface area contributed by atoms with Gasteiger partial charge >= 0.3 is 0 Å². The van der Waals surface area contributed by atoms with E-state index in [2.05, 4.69) is 11.8 Å². The fourth-order valence-electron chi connectivity index (χ4n) is 2.29. The highest BCUT2D eigenvalue weighted by Crippen LogP contribution is 2.23. The number of amides is 1. The molecule has 1 aliphatic rings. The Morgan fingerprint density at radius 3 is 2.90 bits per heavy atom. The van der Waals surface area contributed by atoms with E-state index in [-0.39, 0.29) is 18.1 Å². The zero-order chi connectivity index (χ0) is 15.5. The number of aliphatic hydroxyl groups is 1. The third kappa shape index (κ3) is 3.41. The molecular weight excluding hydrogens is 273 g/mol. The molecular formula is C16H18FNO3. The lowest BCUT2D eigenvalue weighted by Crippen LogP contribution is -2.55. The number of carbonyl (C=O) groups excluding carboxylic acids is 1. The van der Waals surface area contributed by atoms with Crippen molar-refractivity contribution in [1.29, 1.82) is 0 Å². The van der Waals surface area contributed by atoms with Gasteiger partial charge in [0.05, 0.1) is 24.3 Å². The Balaban J connectivity index is 2.27. The van der Waals surface area contributed by atoms with E-state index in [1.54, 1.807) is 11.0 Å². The van der Waals surface area contributed by atoms with Crippen LogP contribution >= 0.6 is 0 Å². The van der Waals surface area contributed by atoms with Crippen LogP contribution in [0.2, 0.25) is 0 Å². The lowest BCUT2D eigenvalue weighted by Gasteiger charge is -2.42. The topological polar surface area (TPSA) is 49.8 Å². The molecule has 1 heterocycles. The van der Waals surface area contributed by atoms with Crippen molar-refractivity contribution < 1.29 is 19.0 Å². The maximum Gasteiger partial charge on any atom is 0.257 e. The van der Waals surface area contributed by atoms with Crippen molar-refractivity contribution in [1.82, 2.24) is 4.90 Å². The number of carbonyl (C=O) groups is 1. The molecule has 21 heavy (non-hydrogen) atoms. The Kier molecular flexibility index (Phi) is 4.61. The molecule has 1 saturated heterocycles. The Labute approximate surface area is 123 Å². The second-order valence-corrected chi connectivity index (χ2v) is 5.48. The van der Waals surface area contributed by atoms with E-state index < -0.39 is 11.4 Å². The summed E-state index contributed by atoms with van der Waals surface area (Å²) in [6.45, 7) is 4.82. The second-order valence-electron chi connectivity index (χ2n) is 5.48. The molecule has 0 bridgehead atoms. The number of ether oxygens (including phenoxy) is 1. The molecule has 0 aromatic heterocycles. The molecule has 0 radical (unpaired) electrons. The fourth-order valence-corrected chi connectivity index (χ4v) is 2.29. The molecule has 1 fully saturated rings. The number of hydrogen-bond donors (Lipinski definition) is 1. The standard InChI is InChI=1S/C16H18FNO3/c1-16(2)11-21-9-7-18(16)15(20)13-6-5-12(4-3-8-19)10-14(13)17/h5-6,10,19H,7-9,11H2,1-2H3. The summed E-state index contributed by atoms with van der Waals surface area (Å²) in [6.07, 6.45) is 0. The van der Waals surface area contributed by atoms with Crippen molar-refractivity contribution in [3.63, 3.8) is 0 Å². The van der Waals surface area contributed by atoms with Gasteiger partial charge in [-0.3, -0.25) is 4.79 Å². The van der Waals surface area contributed by atoms with E-state index >= 15 is 0 Å². The summed E-state index contributed by atoms with van der Waals surface area (Å²) in [5.41, 5.74) is -0.00389. The summed E-state index contributed by atoms with van der Waals surface area (Å²) in [7, 11) is 0. The molecule has 1 aliphatic heterocycles. The first-order chi connectivity index (χ1) is 9.95. The quantitative estimate of drug-likeness (QED) is 0.796. The Hall–Kier alpha value is -1.90. The van der Waals surface area contributed by atoms with Gasteiger partial charge in [-0.1, -0.05) is 11.8 Å². The molecule has 0 aliphatic carbocycles. The minimum atomic E-state index is -0.605. The van der Waals surface area contributed by atoms with E-state index in [4.69, 9.17) is 9.84 Å². The van der Waals surface area contributed by atoms with Crippen molar-refractivity contribution in [2.45, 2.75) is 19.4 Å². The molecule has 1 aromatic carbocycles. The first kappa shape index (κ1) is 15.5. The van der Waals surface area contributed by atoms with Crippen LogP contribution in [-0.4, -0.2) is 47.8 Å². The number of rotatable bonds is 1. The summed E-state index contributed by atoms with van der Waals surface area (Å²) >= 11 is 0. The number of nitrogens with zero attached hydrogens (tertiary/aromatic N) is 1. The summed E-state index contributed by atoms with van der Waals surface area (Å²) in [6, 6.07) is 4.22. The maximum atomic E-state index is 14.1. The summed E-state index contributed by atoms with van der Waals surface area (Å²) in [4.78, 5) is 14.1. The number of aliphatic hydroxyl groups excluding tert-OH is 1. The van der Waals surface area contributed by atoms with Crippen LogP contribution in [0.25, 0.3) is 0 Å². The Morgan fingerprint density at radius 1 is 1.52 bits per heavy atom. The van der Waals surface area contributed by atoms with Gasteiger partial charge < -0.3 is 14.7 Å². The average Bonchev–Trinajstić information content (AvgIpc) is 2.44. The largest absolute Gasteiger partial charge is 0.384 e. The van der Waals surface area contributed by atoms with Crippen LogP contribution in [0.3, 0.4) is 0 Å². The van der Waals surface area contributed by atoms with Crippen LogP contribution < -0.4 is 0 Å². The highest BCUT2D eigenvalue weighted by Gasteiger charge is 2.35. The van der Waals surface area contributed by atoms with Crippen molar-refractivity contribution in [2.24, 2.45) is 0 Å². The van der Waals surface area contributed by atoms with E-state index in [1.807, 2.05) is 13.8 Å². The molecule has 1 aromatic rings. The van der Waals surface area contributed by atoms with Gasteiger partial charge in [0.15, 0.2) is 0 Å². The van der Waals surface area contributed by atoms with Crippen LogP contribution in [0.15, 0.2) is 18.2 Å². The molecule has 5 heteroatoms. The van der Waals surface area contributed by atoms with Gasteiger partial charge in [-0.2, -0.15) is 0 Å². The Bertz CT molecular complexity index is 601. The minimum Gasteiger partial charge on any atom is -0.384 e. The van der Waals surface area contributed by atoms with Gasteiger partial charge in [-0.25, -0.2) is 4.39 Å². The van der Waals surface area contributed by atoms with E-state index in [0.717, 1.165) is 0 Å². The number of morpholine rings is 1. The normalized spacial score (nSPS) is 17.0. The minimum absolute atomic E-state index is 0.0273. The van der Waals surface area contributed by atoms with Crippen LogP contribution in [0, 0.1) is 17.7 Å². The van der Waals surface area contributed by atoms with Crippen LogP contribution in [0.1, 0.15) is 29.8 Å². The zero-order valence-corrected chi connectivity index (χ0v) is 12.1. The van der Waals surface area contributed by atoms with E-state index in [9.17, 15) is 9.18 Å². The Morgan fingerprint density at radius 2 is 2.29 bits per heavy atom. The molecule has 0 unspecified atom stereocenters. The van der Waals surface area contributed by atoms with E-state index in [0.29, 0.717) is 25.3 Å². The van der Waals surface area contributed by atoms with Gasteiger partial charge in [0.1, 0.15) is 12.4 Å². The fraction of sp³-hybridized carbons (Fsp3) is 0.438. The van der Waals surface area contributed by atoms with Crippen molar-refractivity contribution in [3.05, 3.63) is 35.1 Å². The van der Waals surface area contributed by atoms with Crippen molar-refractivity contribution in [3.8, 4) is 11.8 Å². The van der Waals surface area contributed by atoms with Crippen LogP contribution in [0.4, 0.5) is 4.39 Å². The summed E-state index contributed by atoms with van der Waals surface area (Å²) < 4.78 is 19.5. The predicted molar refractivity (Wildman–Crippen MR) is 76.3 cm³/mol. The number of benzene rings is 1. The lowest BCUT2D eigenvalue weighted by atomic mass is 10.0. The molecule has 1 N–H and O–H groups in total. The van der Waals surface area contributed by atoms with Gasteiger partial charge in [-0.05, 0) is 32.0 Å². The third-order valence-corrected chi connectivity index (χ3v) is 3.40. The van der Waals surface area contributed by atoms with Gasteiger partial charge in [-0.15, -0.1) is 0 Å². The molecule has 2 rings (SSSR count). The lowest BCUT2D eigenvalue weighted by molar-refractivity contribution is -0.0372. The van der Waals surface area contributed by atoms with Gasteiger partial charge in [0.2, 0.25) is 0 Å². The number of halogens is 1. The van der Waals surface area contributed by atoms with E-state index in [1.165, 1.54) is 12.1 Å². The van der Waals surface area contributed by atoms with Gasteiger partial charge in [0.25, 0.3) is 5.91 Å². The highest BCUT2D eigenvalue weighted by atomic mass is 19.1. The maximum absolute atomic E-state index is 14.1. The molecule has 0 saturated carbocycles. The summed E-state index contributed by atoms with van der Waals surface area (Å²) in [5, 5.41) is 8.63. The first-order valence-electron chi connectivity index (χ1n) is 6.75. The average molecular weight is 291 g/mol. The smallest absolute Gasteiger partial charge is 0.257 e. The van der Waals surface area contributed by atoms with Gasteiger partial charge in [0, 0.05) is 12.1 Å². The molecule has 0 atom stereocenters. The molecule has 112 valence electrons. The second kappa shape index (κ2) is 6.25. The van der Waals surface area contributed by atoms with Crippen LogP contribution in [0.5, 0.6) is 0 Å². The number of hydrogen-bond acceptors (Lipinski definition) is 3. The molecule has 0 spiro atoms. The SMILES string of the molecule is CC1(C)COCCN1C(=O)c1ccc(C#CCO)cc1F. The predicted octanol–water partition coefficient (Wildman–Crippen LogP) is 1.42. The monoisotopic (exact) mass is 291 g/mol. The highest BCUT2D eigenvalue weighted by molar-refractivity contribution is 5.95. The van der Waals surface area contributed by atoms with Crippen LogP contribution in [-0.2, 0) is 4.74 Å². The summed E-state index contributed by atoms with van der Waals surface area (Å²) in [5.74, 6) is 4.11. The zero-order valence-electron chi connectivity index (χ0n) is 12.1. The molecule has 1 amide bonds. The third-order valence-electron chi connectivity index (χ3n) is 3.40. The molecule has 4 nitrogen and oxygen atoms in total.